The minimum Gasteiger partial charge on any atom is -0.253 e. The zero-order valence-corrected chi connectivity index (χ0v) is 10.4. The molecule has 84 valence electrons. The maximum Gasteiger partial charge on any atom is 0.0921 e. The zero-order chi connectivity index (χ0) is 11.7. The molecular weight excluding hydrogens is 196 g/mol. The molecule has 0 aliphatic carbocycles. The molecule has 0 bridgehead atoms. The molecule has 2 heteroatoms. The molecule has 2 nitrogen and oxygen atoms in total. The van der Waals surface area contributed by atoms with E-state index in [4.69, 9.17) is 0 Å². The molecule has 1 heterocycles. The second kappa shape index (κ2) is 4.20. The molecule has 0 spiro atoms. The van der Waals surface area contributed by atoms with E-state index in [0.717, 1.165) is 11.0 Å². The highest BCUT2D eigenvalue weighted by atomic mass is 14.8. The summed E-state index contributed by atoms with van der Waals surface area (Å²) in [4.78, 5) is 8.85. The van der Waals surface area contributed by atoms with Gasteiger partial charge in [0.2, 0.25) is 0 Å². The van der Waals surface area contributed by atoms with Crippen LogP contribution in [0.4, 0.5) is 0 Å². The highest BCUT2D eigenvalue weighted by Crippen LogP contribution is 2.27. The number of nitrogens with zero attached hydrogens (tertiary/aromatic N) is 2. The van der Waals surface area contributed by atoms with Gasteiger partial charge < -0.3 is 0 Å². The lowest BCUT2D eigenvalue weighted by atomic mass is 9.94. The van der Waals surface area contributed by atoms with Crippen molar-refractivity contribution < 1.29 is 0 Å². The van der Waals surface area contributed by atoms with Crippen LogP contribution in [-0.2, 0) is 0 Å². The first-order valence-electron chi connectivity index (χ1n) is 5.84. The van der Waals surface area contributed by atoms with Gasteiger partial charge >= 0.3 is 0 Å². The van der Waals surface area contributed by atoms with Gasteiger partial charge in [0.15, 0.2) is 0 Å². The molecule has 0 amide bonds. The van der Waals surface area contributed by atoms with E-state index in [0.29, 0.717) is 11.8 Å². The number of fused-ring (bicyclic) bond motifs is 1. The molecule has 0 unspecified atom stereocenters. The van der Waals surface area contributed by atoms with Crippen LogP contribution in [0.2, 0.25) is 0 Å². The fraction of sp³-hybridized carbons (Fsp3) is 0.429. The summed E-state index contributed by atoms with van der Waals surface area (Å²) in [5.41, 5.74) is 4.70. The van der Waals surface area contributed by atoms with Crippen LogP contribution in [0.3, 0.4) is 0 Å². The first-order valence-corrected chi connectivity index (χ1v) is 5.84. The van der Waals surface area contributed by atoms with Crippen LogP contribution in [0.15, 0.2) is 24.5 Å². The number of hydrogen-bond donors (Lipinski definition) is 0. The molecule has 0 aliphatic heterocycles. The van der Waals surface area contributed by atoms with Crippen molar-refractivity contribution >= 4 is 11.0 Å². The van der Waals surface area contributed by atoms with Crippen molar-refractivity contribution in [2.75, 3.05) is 0 Å². The second-order valence-corrected chi connectivity index (χ2v) is 4.84. The van der Waals surface area contributed by atoms with Crippen LogP contribution in [0.5, 0.6) is 0 Å². The molecule has 0 saturated carbocycles. The number of aromatic nitrogens is 2. The van der Waals surface area contributed by atoms with Gasteiger partial charge in [-0.2, -0.15) is 0 Å². The standard InChI is InChI=1S/C14H18N2/c1-9(2)11-7-12(10(3)4)14-13(8-11)15-5-6-16-14/h5-10H,1-4H3. The van der Waals surface area contributed by atoms with Crippen molar-refractivity contribution in [2.24, 2.45) is 0 Å². The van der Waals surface area contributed by atoms with Crippen LogP contribution < -0.4 is 0 Å². The third-order valence-electron chi connectivity index (χ3n) is 2.91. The molecule has 0 aliphatic rings. The third-order valence-corrected chi connectivity index (χ3v) is 2.91. The Kier molecular flexibility index (Phi) is 2.90. The van der Waals surface area contributed by atoms with Gasteiger partial charge in [-0.25, -0.2) is 0 Å². The Bertz CT molecular complexity index is 501. The maximum absolute atomic E-state index is 4.44. The summed E-state index contributed by atoms with van der Waals surface area (Å²) in [7, 11) is 0. The average Bonchev–Trinajstić information content (AvgIpc) is 2.27. The van der Waals surface area contributed by atoms with Crippen molar-refractivity contribution in [3.63, 3.8) is 0 Å². The van der Waals surface area contributed by atoms with E-state index in [1.54, 1.807) is 12.4 Å². The molecule has 1 aromatic carbocycles. The second-order valence-electron chi connectivity index (χ2n) is 4.84. The van der Waals surface area contributed by atoms with Gasteiger partial charge in [0.05, 0.1) is 11.0 Å². The Morgan fingerprint density at radius 3 is 2.19 bits per heavy atom. The summed E-state index contributed by atoms with van der Waals surface area (Å²) < 4.78 is 0. The topological polar surface area (TPSA) is 25.8 Å². The molecule has 2 aromatic rings. The Hall–Kier alpha value is -1.44. The van der Waals surface area contributed by atoms with E-state index in [9.17, 15) is 0 Å². The Balaban J connectivity index is 2.74. The lowest BCUT2D eigenvalue weighted by molar-refractivity contribution is 0.838. The smallest absolute Gasteiger partial charge is 0.0921 e. The summed E-state index contributed by atoms with van der Waals surface area (Å²) in [5, 5.41) is 0. The summed E-state index contributed by atoms with van der Waals surface area (Å²) >= 11 is 0. The third kappa shape index (κ3) is 1.92. The Morgan fingerprint density at radius 2 is 1.56 bits per heavy atom. The predicted octanol–water partition coefficient (Wildman–Crippen LogP) is 3.88. The van der Waals surface area contributed by atoms with Gasteiger partial charge in [-0.3, -0.25) is 9.97 Å². The molecule has 0 fully saturated rings. The minimum atomic E-state index is 0.484. The van der Waals surface area contributed by atoms with Gasteiger partial charge in [-0.15, -0.1) is 0 Å². The van der Waals surface area contributed by atoms with E-state index >= 15 is 0 Å². The lowest BCUT2D eigenvalue weighted by Gasteiger charge is -2.13. The monoisotopic (exact) mass is 214 g/mol. The van der Waals surface area contributed by atoms with Gasteiger partial charge in [0.25, 0.3) is 0 Å². The van der Waals surface area contributed by atoms with Gasteiger partial charge in [0, 0.05) is 12.4 Å². The van der Waals surface area contributed by atoms with Crippen molar-refractivity contribution in [3.8, 4) is 0 Å². The largest absolute Gasteiger partial charge is 0.253 e. The molecular formula is C14H18N2. The first kappa shape index (κ1) is 11.1. The number of hydrogen-bond acceptors (Lipinski definition) is 2. The molecule has 0 N–H and O–H groups in total. The lowest BCUT2D eigenvalue weighted by Crippen LogP contribution is -1.97. The number of rotatable bonds is 2. The van der Waals surface area contributed by atoms with E-state index in [-0.39, 0.29) is 0 Å². The van der Waals surface area contributed by atoms with Crippen LogP contribution in [-0.4, -0.2) is 9.97 Å². The molecule has 16 heavy (non-hydrogen) atoms. The molecule has 0 atom stereocenters. The van der Waals surface area contributed by atoms with Gasteiger partial charge in [-0.05, 0) is 29.0 Å². The van der Waals surface area contributed by atoms with Crippen molar-refractivity contribution in [3.05, 3.63) is 35.7 Å². The summed E-state index contributed by atoms with van der Waals surface area (Å²) in [6, 6.07) is 4.42. The van der Waals surface area contributed by atoms with Crippen LogP contribution in [0.25, 0.3) is 11.0 Å². The van der Waals surface area contributed by atoms with Crippen molar-refractivity contribution in [1.82, 2.24) is 9.97 Å². The predicted molar refractivity (Wildman–Crippen MR) is 67.7 cm³/mol. The number of benzene rings is 1. The van der Waals surface area contributed by atoms with E-state index in [1.165, 1.54) is 11.1 Å². The SMILES string of the molecule is CC(C)c1cc(C(C)C)c2nccnc2c1. The molecule has 0 saturated heterocycles. The maximum atomic E-state index is 4.44. The minimum absolute atomic E-state index is 0.484. The quantitative estimate of drug-likeness (QED) is 0.758. The van der Waals surface area contributed by atoms with Crippen LogP contribution in [0, 0.1) is 0 Å². The summed E-state index contributed by atoms with van der Waals surface area (Å²) in [5.74, 6) is 1.02. The average molecular weight is 214 g/mol. The normalized spacial score (nSPS) is 11.6. The van der Waals surface area contributed by atoms with Gasteiger partial charge in [-0.1, -0.05) is 33.8 Å². The highest BCUT2D eigenvalue weighted by Gasteiger charge is 2.10. The Labute approximate surface area is 96.7 Å². The van der Waals surface area contributed by atoms with Crippen molar-refractivity contribution in [1.29, 1.82) is 0 Å². The van der Waals surface area contributed by atoms with E-state index in [1.807, 2.05) is 0 Å². The fourth-order valence-corrected chi connectivity index (χ4v) is 1.90. The molecule has 1 aromatic heterocycles. The van der Waals surface area contributed by atoms with Gasteiger partial charge in [0.1, 0.15) is 0 Å². The first-order chi connectivity index (χ1) is 7.59. The molecule has 2 rings (SSSR count). The van der Waals surface area contributed by atoms with Crippen LogP contribution in [0.1, 0.15) is 50.7 Å². The van der Waals surface area contributed by atoms with E-state index in [2.05, 4.69) is 49.8 Å². The Morgan fingerprint density at radius 1 is 0.875 bits per heavy atom. The van der Waals surface area contributed by atoms with Crippen molar-refractivity contribution in [2.45, 2.75) is 39.5 Å². The van der Waals surface area contributed by atoms with E-state index < -0.39 is 0 Å². The summed E-state index contributed by atoms with van der Waals surface area (Å²) in [6.07, 6.45) is 3.53. The molecule has 0 radical (unpaired) electrons. The summed E-state index contributed by atoms with van der Waals surface area (Å²) in [6.45, 7) is 8.82. The van der Waals surface area contributed by atoms with Crippen LogP contribution >= 0.6 is 0 Å². The fourth-order valence-electron chi connectivity index (χ4n) is 1.90. The highest BCUT2D eigenvalue weighted by molar-refractivity contribution is 5.79. The zero-order valence-electron chi connectivity index (χ0n) is 10.4.